The second kappa shape index (κ2) is 14.9. The quantitative estimate of drug-likeness (QED) is 0.225. The molecule has 1 unspecified atom stereocenters. The number of amides is 3. The predicted octanol–water partition coefficient (Wildman–Crippen LogP) is 2.46. The van der Waals surface area contributed by atoms with E-state index in [1.807, 2.05) is 23.2 Å². The molecule has 0 radical (unpaired) electrons. The smallest absolute Gasteiger partial charge is 0.232 e. The van der Waals surface area contributed by atoms with Gasteiger partial charge in [0, 0.05) is 69.8 Å². The molecule has 0 saturated carbocycles. The SMILES string of the molecule is CCCC[C@@H](CO)Nc1nc(N)nc2ccn(Cc3cc(CN4CCN(C(=O)CCN5C(=O)CC(C)C5=O)CC4)ccc3OC)c12. The summed E-state index contributed by atoms with van der Waals surface area (Å²) in [5, 5.41) is 13.4. The van der Waals surface area contributed by atoms with Gasteiger partial charge < -0.3 is 30.4 Å². The monoisotopic (exact) mass is 634 g/mol. The largest absolute Gasteiger partial charge is 0.496 e. The van der Waals surface area contributed by atoms with Crippen molar-refractivity contribution in [1.82, 2.24) is 29.2 Å². The number of fused-ring (bicyclic) bond motifs is 1. The summed E-state index contributed by atoms with van der Waals surface area (Å²) in [6.45, 7) is 7.91. The summed E-state index contributed by atoms with van der Waals surface area (Å²) in [7, 11) is 1.66. The van der Waals surface area contributed by atoms with Crippen LogP contribution >= 0.6 is 0 Å². The van der Waals surface area contributed by atoms with Crippen LogP contribution in [0.4, 0.5) is 11.8 Å². The summed E-state index contributed by atoms with van der Waals surface area (Å²) in [5.74, 6) is 0.848. The van der Waals surface area contributed by atoms with Crippen LogP contribution in [0.1, 0.15) is 57.1 Å². The van der Waals surface area contributed by atoms with Crippen LogP contribution in [0.3, 0.4) is 0 Å². The third-order valence-corrected chi connectivity index (χ3v) is 8.93. The summed E-state index contributed by atoms with van der Waals surface area (Å²) < 4.78 is 7.80. The summed E-state index contributed by atoms with van der Waals surface area (Å²) in [5.41, 5.74) is 9.69. The molecular formula is C33H46N8O5. The topological polar surface area (TPSA) is 159 Å². The Hall–Kier alpha value is -4.23. The zero-order valence-corrected chi connectivity index (χ0v) is 27.1. The lowest BCUT2D eigenvalue weighted by Gasteiger charge is -2.35. The lowest BCUT2D eigenvalue weighted by atomic mass is 10.1. The Kier molecular flexibility index (Phi) is 10.7. The van der Waals surface area contributed by atoms with Crippen molar-refractivity contribution in [3.8, 4) is 5.75 Å². The van der Waals surface area contributed by atoms with E-state index in [0.717, 1.165) is 66.8 Å². The van der Waals surface area contributed by atoms with Crippen molar-refractivity contribution in [2.45, 2.75) is 65.1 Å². The Bertz CT molecular complexity index is 1550. The highest BCUT2D eigenvalue weighted by Crippen LogP contribution is 2.28. The first-order valence-electron chi connectivity index (χ1n) is 16.2. The summed E-state index contributed by atoms with van der Waals surface area (Å²) in [6.07, 6.45) is 5.19. The average Bonchev–Trinajstić information content (AvgIpc) is 3.56. The third kappa shape index (κ3) is 7.59. The molecule has 3 amide bonds. The number of imide groups is 1. The maximum Gasteiger partial charge on any atom is 0.232 e. The van der Waals surface area contributed by atoms with E-state index in [-0.39, 0.29) is 61.6 Å². The number of nitrogen functional groups attached to an aromatic ring is 1. The standard InChI is InChI=1S/C33H46N8O5/c1-4-5-6-25(21-42)35-31-30-26(36-33(34)37-31)9-11-40(30)20-24-18-23(7-8-27(24)46-3)19-38-13-15-39(16-14-38)28(43)10-12-41-29(44)17-22(2)32(41)45/h7-9,11,18,22,25,42H,4-6,10,12-17,19-21H2,1-3H3,(H3,34,35,36,37)/t22?,25-/m0/s1. The zero-order valence-electron chi connectivity index (χ0n) is 27.1. The first-order chi connectivity index (χ1) is 22.2. The van der Waals surface area contributed by atoms with E-state index < -0.39 is 0 Å². The molecule has 2 saturated heterocycles. The molecule has 0 spiro atoms. The van der Waals surface area contributed by atoms with Crippen molar-refractivity contribution in [2.75, 3.05) is 57.5 Å². The van der Waals surface area contributed by atoms with Crippen molar-refractivity contribution in [3.63, 3.8) is 0 Å². The fourth-order valence-electron chi connectivity index (χ4n) is 6.31. The maximum atomic E-state index is 12.8. The van der Waals surface area contributed by atoms with Crippen LogP contribution in [0.2, 0.25) is 0 Å². The van der Waals surface area contributed by atoms with Gasteiger partial charge in [-0.15, -0.1) is 0 Å². The number of hydrogen-bond acceptors (Lipinski definition) is 10. The molecule has 3 aromatic rings. The summed E-state index contributed by atoms with van der Waals surface area (Å²) >= 11 is 0. The van der Waals surface area contributed by atoms with Gasteiger partial charge in [0.1, 0.15) is 11.3 Å². The van der Waals surface area contributed by atoms with E-state index in [1.165, 1.54) is 4.90 Å². The normalized spacial score (nSPS) is 18.0. The molecule has 4 heterocycles. The Morgan fingerprint density at radius 1 is 1.15 bits per heavy atom. The van der Waals surface area contributed by atoms with Gasteiger partial charge in [-0.3, -0.25) is 24.2 Å². The molecule has 2 fully saturated rings. The van der Waals surface area contributed by atoms with Crippen molar-refractivity contribution in [1.29, 1.82) is 0 Å². The third-order valence-electron chi connectivity index (χ3n) is 8.93. The molecule has 1 aromatic carbocycles. The zero-order chi connectivity index (χ0) is 32.8. The molecule has 46 heavy (non-hydrogen) atoms. The molecule has 4 N–H and O–H groups in total. The Morgan fingerprint density at radius 2 is 1.93 bits per heavy atom. The predicted molar refractivity (Wildman–Crippen MR) is 175 cm³/mol. The Labute approximate surface area is 269 Å². The molecule has 13 nitrogen and oxygen atoms in total. The highest BCUT2D eigenvalue weighted by Gasteiger charge is 2.35. The van der Waals surface area contributed by atoms with Crippen LogP contribution in [-0.4, -0.2) is 105 Å². The number of unbranched alkanes of at least 4 members (excludes halogenated alkanes) is 1. The lowest BCUT2D eigenvalue weighted by molar-refractivity contribution is -0.140. The average molecular weight is 635 g/mol. The molecular weight excluding hydrogens is 588 g/mol. The van der Waals surface area contributed by atoms with Gasteiger partial charge in [-0.2, -0.15) is 4.98 Å². The minimum atomic E-state index is -0.296. The number of likely N-dealkylation sites (tertiary alicyclic amines) is 1. The highest BCUT2D eigenvalue weighted by molar-refractivity contribution is 6.03. The van der Waals surface area contributed by atoms with Crippen LogP contribution in [-0.2, 0) is 27.5 Å². The number of hydrogen-bond donors (Lipinski definition) is 3. The van der Waals surface area contributed by atoms with Gasteiger partial charge >= 0.3 is 0 Å². The number of aliphatic hydroxyl groups excluding tert-OH is 1. The molecule has 0 aliphatic carbocycles. The number of piperazine rings is 1. The second-order valence-corrected chi connectivity index (χ2v) is 12.3. The number of rotatable bonds is 14. The fraction of sp³-hybridized carbons (Fsp3) is 0.545. The van der Waals surface area contributed by atoms with Crippen molar-refractivity contribution in [2.24, 2.45) is 5.92 Å². The number of methoxy groups -OCH3 is 1. The van der Waals surface area contributed by atoms with E-state index in [0.29, 0.717) is 25.5 Å². The fourth-order valence-corrected chi connectivity index (χ4v) is 6.31. The van der Waals surface area contributed by atoms with Gasteiger partial charge in [0.2, 0.25) is 23.7 Å². The maximum absolute atomic E-state index is 12.8. The van der Waals surface area contributed by atoms with Crippen molar-refractivity contribution in [3.05, 3.63) is 41.6 Å². The first kappa shape index (κ1) is 33.1. The number of nitrogens with one attached hydrogen (secondary N) is 1. The van der Waals surface area contributed by atoms with Crippen molar-refractivity contribution >= 4 is 40.5 Å². The Morgan fingerprint density at radius 3 is 2.61 bits per heavy atom. The number of benzene rings is 1. The van der Waals surface area contributed by atoms with E-state index in [9.17, 15) is 19.5 Å². The minimum Gasteiger partial charge on any atom is -0.496 e. The summed E-state index contributed by atoms with van der Waals surface area (Å²) in [6, 6.07) is 7.97. The molecule has 248 valence electrons. The number of nitrogens with zero attached hydrogens (tertiary/aromatic N) is 6. The molecule has 2 aliphatic rings. The molecule has 2 aromatic heterocycles. The van der Waals surface area contributed by atoms with Crippen LogP contribution < -0.4 is 15.8 Å². The van der Waals surface area contributed by atoms with Crippen LogP contribution in [0, 0.1) is 5.92 Å². The van der Waals surface area contributed by atoms with Crippen LogP contribution in [0.15, 0.2) is 30.5 Å². The van der Waals surface area contributed by atoms with Gasteiger partial charge in [0.15, 0.2) is 5.82 Å². The molecule has 2 aliphatic heterocycles. The van der Waals surface area contributed by atoms with E-state index in [1.54, 1.807) is 14.0 Å². The molecule has 13 heteroatoms. The van der Waals surface area contributed by atoms with E-state index in [2.05, 4.69) is 43.8 Å². The van der Waals surface area contributed by atoms with Gasteiger partial charge in [0.05, 0.1) is 31.8 Å². The summed E-state index contributed by atoms with van der Waals surface area (Å²) in [4.78, 5) is 51.4. The van der Waals surface area contributed by atoms with Gasteiger partial charge in [-0.05, 0) is 30.2 Å². The number of aliphatic hydroxyl groups is 1. The molecule has 5 rings (SSSR count). The minimum absolute atomic E-state index is 0.00956. The lowest BCUT2D eigenvalue weighted by Crippen LogP contribution is -2.49. The van der Waals surface area contributed by atoms with E-state index in [4.69, 9.17) is 10.5 Å². The van der Waals surface area contributed by atoms with Gasteiger partial charge in [-0.1, -0.05) is 32.8 Å². The van der Waals surface area contributed by atoms with Gasteiger partial charge in [-0.25, -0.2) is 4.98 Å². The van der Waals surface area contributed by atoms with E-state index >= 15 is 0 Å². The molecule has 0 bridgehead atoms. The number of aromatic nitrogens is 3. The van der Waals surface area contributed by atoms with Crippen molar-refractivity contribution < 1.29 is 24.2 Å². The number of carbonyl (C=O) groups excluding carboxylic acids is 3. The van der Waals surface area contributed by atoms with Crippen LogP contribution in [0.25, 0.3) is 11.0 Å². The molecule has 2 atom stereocenters. The van der Waals surface area contributed by atoms with Gasteiger partial charge in [0.25, 0.3) is 0 Å². The number of nitrogens with two attached hydrogens (primary N) is 1. The number of ether oxygens (including phenoxy) is 1. The number of carbonyl (C=O) groups is 3. The Balaban J connectivity index is 1.23. The second-order valence-electron chi connectivity index (χ2n) is 12.3. The van der Waals surface area contributed by atoms with Crippen LogP contribution in [0.5, 0.6) is 5.75 Å². The number of anilines is 2. The highest BCUT2D eigenvalue weighted by atomic mass is 16.5. The first-order valence-corrected chi connectivity index (χ1v) is 16.2.